The lowest BCUT2D eigenvalue weighted by atomic mass is 9.84. The summed E-state index contributed by atoms with van der Waals surface area (Å²) in [6.45, 7) is 1.34. The van der Waals surface area contributed by atoms with Crippen molar-refractivity contribution in [2.24, 2.45) is 0 Å². The first kappa shape index (κ1) is 16.8. The molecule has 0 unspecified atom stereocenters. The second-order valence-corrected chi connectivity index (χ2v) is 7.23. The van der Waals surface area contributed by atoms with Gasteiger partial charge in [-0.3, -0.25) is 14.6 Å². The van der Waals surface area contributed by atoms with Gasteiger partial charge in [0.2, 0.25) is 0 Å². The van der Waals surface area contributed by atoms with Crippen LogP contribution in [0.4, 0.5) is 16.2 Å². The number of rotatable bonds is 4. The number of hydrogen-bond acceptors (Lipinski definition) is 2. The highest BCUT2D eigenvalue weighted by atomic mass is 16.2. The highest BCUT2D eigenvalue weighted by molar-refractivity contribution is 6.06. The van der Waals surface area contributed by atoms with Gasteiger partial charge >= 0.3 is 6.03 Å². The minimum absolute atomic E-state index is 0.00430. The third-order valence-electron chi connectivity index (χ3n) is 5.61. The van der Waals surface area contributed by atoms with Gasteiger partial charge in [0.25, 0.3) is 0 Å². The Labute approximate surface area is 154 Å². The quantitative estimate of drug-likeness (QED) is 0.730. The van der Waals surface area contributed by atoms with Gasteiger partial charge in [-0.25, -0.2) is 4.79 Å². The SMILES string of the molecule is O=Cc1ccc(N2CCN(c3cccc(C4CCCCC4)c3)C2=O)cc1. The Morgan fingerprint density at radius 2 is 1.54 bits per heavy atom. The van der Waals surface area contributed by atoms with E-state index in [-0.39, 0.29) is 6.03 Å². The average molecular weight is 348 g/mol. The van der Waals surface area contributed by atoms with Gasteiger partial charge in [0.05, 0.1) is 0 Å². The minimum Gasteiger partial charge on any atom is -0.298 e. The minimum atomic E-state index is 0.00430. The summed E-state index contributed by atoms with van der Waals surface area (Å²) in [7, 11) is 0. The summed E-state index contributed by atoms with van der Waals surface area (Å²) in [5.74, 6) is 0.633. The Hall–Kier alpha value is -2.62. The van der Waals surface area contributed by atoms with E-state index < -0.39 is 0 Å². The fraction of sp³-hybridized carbons (Fsp3) is 0.364. The van der Waals surface area contributed by atoms with E-state index >= 15 is 0 Å². The average Bonchev–Trinajstić information content (AvgIpc) is 3.10. The van der Waals surface area contributed by atoms with Crippen molar-refractivity contribution < 1.29 is 9.59 Å². The van der Waals surface area contributed by atoms with Crippen LogP contribution in [0.5, 0.6) is 0 Å². The molecule has 0 radical (unpaired) electrons. The van der Waals surface area contributed by atoms with Gasteiger partial charge in [0.15, 0.2) is 0 Å². The van der Waals surface area contributed by atoms with Crippen molar-refractivity contribution >= 4 is 23.7 Å². The number of nitrogens with zero attached hydrogens (tertiary/aromatic N) is 2. The Bertz CT molecular complexity index is 794. The van der Waals surface area contributed by atoms with Gasteiger partial charge < -0.3 is 0 Å². The number of carbonyl (C=O) groups excluding carboxylic acids is 2. The van der Waals surface area contributed by atoms with Crippen LogP contribution in [0.15, 0.2) is 48.5 Å². The molecule has 2 aromatic carbocycles. The van der Waals surface area contributed by atoms with Crippen LogP contribution in [0, 0.1) is 0 Å². The molecule has 134 valence electrons. The number of hydrogen-bond donors (Lipinski definition) is 0. The van der Waals surface area contributed by atoms with E-state index in [0.29, 0.717) is 24.6 Å². The molecule has 0 bridgehead atoms. The molecule has 2 aromatic rings. The molecular weight excluding hydrogens is 324 g/mol. The highest BCUT2D eigenvalue weighted by Crippen LogP contribution is 2.35. The monoisotopic (exact) mass is 348 g/mol. The number of benzene rings is 2. The lowest BCUT2D eigenvalue weighted by molar-refractivity contribution is 0.112. The lowest BCUT2D eigenvalue weighted by Gasteiger charge is -2.24. The van der Waals surface area contributed by atoms with Gasteiger partial charge in [-0.2, -0.15) is 0 Å². The fourth-order valence-electron chi connectivity index (χ4n) is 4.13. The molecule has 4 nitrogen and oxygen atoms in total. The summed E-state index contributed by atoms with van der Waals surface area (Å²) in [5, 5.41) is 0. The van der Waals surface area contributed by atoms with E-state index in [1.807, 2.05) is 23.1 Å². The molecular formula is C22H24N2O2. The second kappa shape index (κ2) is 7.32. The van der Waals surface area contributed by atoms with Gasteiger partial charge in [-0.1, -0.05) is 31.4 Å². The molecule has 0 atom stereocenters. The molecule has 2 amide bonds. The summed E-state index contributed by atoms with van der Waals surface area (Å²) < 4.78 is 0. The molecule has 2 fully saturated rings. The normalized spacial score (nSPS) is 18.4. The van der Waals surface area contributed by atoms with Crippen LogP contribution in [-0.4, -0.2) is 25.4 Å². The molecule has 4 heteroatoms. The number of amides is 2. The summed E-state index contributed by atoms with van der Waals surface area (Å²) in [6, 6.07) is 15.7. The maximum Gasteiger partial charge on any atom is 0.329 e. The summed E-state index contributed by atoms with van der Waals surface area (Å²) >= 11 is 0. The molecule has 1 aliphatic carbocycles. The molecule has 0 spiro atoms. The van der Waals surface area contributed by atoms with Crippen LogP contribution in [0.3, 0.4) is 0 Å². The molecule has 0 N–H and O–H groups in total. The first-order valence-electron chi connectivity index (χ1n) is 9.50. The van der Waals surface area contributed by atoms with Gasteiger partial charge in [0, 0.05) is 30.0 Å². The van der Waals surface area contributed by atoms with E-state index in [0.717, 1.165) is 17.7 Å². The number of urea groups is 1. The number of carbonyl (C=O) groups is 2. The van der Waals surface area contributed by atoms with Crippen LogP contribution in [0.2, 0.25) is 0 Å². The van der Waals surface area contributed by atoms with Crippen molar-refractivity contribution in [2.75, 3.05) is 22.9 Å². The summed E-state index contributed by atoms with van der Waals surface area (Å²) in [4.78, 5) is 27.4. The molecule has 1 aliphatic heterocycles. The van der Waals surface area contributed by atoms with E-state index in [1.54, 1.807) is 17.0 Å². The maximum atomic E-state index is 12.9. The molecule has 2 aliphatic rings. The van der Waals surface area contributed by atoms with E-state index in [2.05, 4.69) is 18.2 Å². The second-order valence-electron chi connectivity index (χ2n) is 7.23. The van der Waals surface area contributed by atoms with Gasteiger partial charge in [0.1, 0.15) is 6.29 Å². The molecule has 4 rings (SSSR count). The van der Waals surface area contributed by atoms with Crippen molar-refractivity contribution in [2.45, 2.75) is 38.0 Å². The van der Waals surface area contributed by atoms with Crippen LogP contribution in [-0.2, 0) is 0 Å². The Morgan fingerprint density at radius 3 is 2.23 bits per heavy atom. The van der Waals surface area contributed by atoms with Gasteiger partial charge in [-0.05, 0) is 60.7 Å². The van der Waals surface area contributed by atoms with Gasteiger partial charge in [-0.15, -0.1) is 0 Å². The van der Waals surface area contributed by atoms with Crippen LogP contribution < -0.4 is 9.80 Å². The van der Waals surface area contributed by atoms with Crippen molar-refractivity contribution in [3.8, 4) is 0 Å². The van der Waals surface area contributed by atoms with E-state index in [9.17, 15) is 9.59 Å². The first-order valence-corrected chi connectivity index (χ1v) is 9.50. The van der Waals surface area contributed by atoms with Crippen LogP contribution in [0.25, 0.3) is 0 Å². The van der Waals surface area contributed by atoms with Crippen LogP contribution in [0.1, 0.15) is 53.9 Å². The van der Waals surface area contributed by atoms with Crippen molar-refractivity contribution in [1.82, 2.24) is 0 Å². The predicted molar refractivity (Wildman–Crippen MR) is 104 cm³/mol. The zero-order valence-electron chi connectivity index (χ0n) is 14.9. The maximum absolute atomic E-state index is 12.9. The molecule has 1 saturated carbocycles. The highest BCUT2D eigenvalue weighted by Gasteiger charge is 2.31. The Kier molecular flexibility index (Phi) is 4.74. The molecule has 0 aromatic heterocycles. The zero-order chi connectivity index (χ0) is 17.9. The summed E-state index contributed by atoms with van der Waals surface area (Å²) in [6.07, 6.45) is 7.29. The van der Waals surface area contributed by atoms with Crippen LogP contribution >= 0.6 is 0 Å². The summed E-state index contributed by atoms with van der Waals surface area (Å²) in [5.41, 5.74) is 3.82. The topological polar surface area (TPSA) is 40.6 Å². The van der Waals surface area contributed by atoms with Crippen molar-refractivity contribution in [3.63, 3.8) is 0 Å². The third-order valence-corrected chi connectivity index (χ3v) is 5.61. The standard InChI is InChI=1S/C22H24N2O2/c25-16-17-9-11-20(12-10-17)23-13-14-24(22(23)26)21-8-4-7-19(15-21)18-5-2-1-3-6-18/h4,7-12,15-16,18H,1-3,5-6,13-14H2. The molecule has 1 heterocycles. The first-order chi connectivity index (χ1) is 12.8. The number of aldehydes is 1. The molecule has 1 saturated heterocycles. The Balaban J connectivity index is 1.53. The van der Waals surface area contributed by atoms with Crippen molar-refractivity contribution in [1.29, 1.82) is 0 Å². The van der Waals surface area contributed by atoms with E-state index in [1.165, 1.54) is 37.7 Å². The Morgan fingerprint density at radius 1 is 0.846 bits per heavy atom. The molecule has 26 heavy (non-hydrogen) atoms. The smallest absolute Gasteiger partial charge is 0.298 e. The largest absolute Gasteiger partial charge is 0.329 e. The lowest BCUT2D eigenvalue weighted by Crippen LogP contribution is -2.31. The fourth-order valence-corrected chi connectivity index (χ4v) is 4.13. The van der Waals surface area contributed by atoms with Crippen molar-refractivity contribution in [3.05, 3.63) is 59.7 Å². The number of anilines is 2. The zero-order valence-corrected chi connectivity index (χ0v) is 14.9. The van der Waals surface area contributed by atoms with E-state index in [4.69, 9.17) is 0 Å². The third kappa shape index (κ3) is 3.24. The predicted octanol–water partition coefficient (Wildman–Crippen LogP) is 4.99.